The molecule has 0 bridgehead atoms. The highest BCUT2D eigenvalue weighted by Crippen LogP contribution is 2.27. The number of Topliss-reactive ketones (excluding diaryl/α,β-unsaturated/α-hetero) is 1. The van der Waals surface area contributed by atoms with Crippen LogP contribution in [0.1, 0.15) is 15.9 Å². The molecule has 0 unspecified atom stereocenters. The van der Waals surface area contributed by atoms with Gasteiger partial charge in [-0.15, -0.1) is 0 Å². The van der Waals surface area contributed by atoms with Crippen molar-refractivity contribution in [3.05, 3.63) is 65.2 Å². The van der Waals surface area contributed by atoms with Crippen LogP contribution >= 0.6 is 0 Å². The van der Waals surface area contributed by atoms with Crippen LogP contribution in [0.25, 0.3) is 6.08 Å². The molecule has 0 saturated carbocycles. The fraction of sp³-hybridized carbons (Fsp3) is 0.118. The third-order valence-corrected chi connectivity index (χ3v) is 3.25. The van der Waals surface area contributed by atoms with E-state index in [2.05, 4.69) is 4.74 Å². The van der Waals surface area contributed by atoms with Crippen LogP contribution in [0.15, 0.2) is 54.1 Å². The minimum atomic E-state index is -2.85. The van der Waals surface area contributed by atoms with Crippen molar-refractivity contribution in [2.45, 2.75) is 6.61 Å². The molecular formula is C17H12F2O3. The maximum absolute atomic E-state index is 12.4. The van der Waals surface area contributed by atoms with Crippen molar-refractivity contribution in [3.8, 4) is 11.5 Å². The molecule has 1 aliphatic heterocycles. The number of rotatable bonds is 3. The number of ketones is 1. The van der Waals surface area contributed by atoms with Crippen molar-refractivity contribution in [2.75, 3.05) is 6.61 Å². The molecule has 0 atom stereocenters. The zero-order chi connectivity index (χ0) is 15.5. The summed E-state index contributed by atoms with van der Waals surface area (Å²) in [7, 11) is 0. The number of alkyl halides is 2. The van der Waals surface area contributed by atoms with E-state index < -0.39 is 6.61 Å². The first kappa shape index (κ1) is 14.3. The zero-order valence-corrected chi connectivity index (χ0v) is 11.5. The van der Waals surface area contributed by atoms with E-state index in [1.807, 2.05) is 6.07 Å². The van der Waals surface area contributed by atoms with Gasteiger partial charge in [-0.05, 0) is 35.9 Å². The summed E-state index contributed by atoms with van der Waals surface area (Å²) in [4.78, 5) is 12.4. The molecule has 112 valence electrons. The van der Waals surface area contributed by atoms with Crippen LogP contribution < -0.4 is 9.47 Å². The largest absolute Gasteiger partial charge is 0.488 e. The molecule has 0 amide bonds. The number of fused-ring (bicyclic) bond motifs is 1. The van der Waals surface area contributed by atoms with Crippen molar-refractivity contribution in [3.63, 3.8) is 0 Å². The van der Waals surface area contributed by atoms with Gasteiger partial charge in [0.15, 0.2) is 5.78 Å². The third kappa shape index (κ3) is 2.98. The van der Waals surface area contributed by atoms with Gasteiger partial charge in [-0.2, -0.15) is 8.78 Å². The van der Waals surface area contributed by atoms with Crippen molar-refractivity contribution in [1.29, 1.82) is 0 Å². The summed E-state index contributed by atoms with van der Waals surface area (Å²) in [5.74, 6) is 0.564. The molecule has 2 aromatic carbocycles. The summed E-state index contributed by atoms with van der Waals surface area (Å²) in [6.45, 7) is -2.67. The molecule has 0 aromatic heterocycles. The van der Waals surface area contributed by atoms with Crippen molar-refractivity contribution >= 4 is 11.9 Å². The Morgan fingerprint density at radius 2 is 1.82 bits per heavy atom. The average molecular weight is 302 g/mol. The highest BCUT2D eigenvalue weighted by atomic mass is 19.3. The van der Waals surface area contributed by atoms with Gasteiger partial charge in [0.25, 0.3) is 0 Å². The highest BCUT2D eigenvalue weighted by molar-refractivity contribution is 6.14. The maximum atomic E-state index is 12.4. The SMILES string of the molecule is O=C1/C(=C/c2ccc(OC(F)F)cc2)COc2ccccc21. The molecule has 0 radical (unpaired) electrons. The van der Waals surface area contributed by atoms with E-state index in [-0.39, 0.29) is 18.1 Å². The lowest BCUT2D eigenvalue weighted by molar-refractivity contribution is -0.0498. The molecule has 22 heavy (non-hydrogen) atoms. The van der Waals surface area contributed by atoms with Gasteiger partial charge >= 0.3 is 6.61 Å². The van der Waals surface area contributed by atoms with Crippen LogP contribution in [-0.2, 0) is 0 Å². The smallest absolute Gasteiger partial charge is 0.387 e. The van der Waals surface area contributed by atoms with E-state index in [0.717, 1.165) is 0 Å². The molecule has 3 nitrogen and oxygen atoms in total. The Balaban J connectivity index is 1.83. The molecule has 1 heterocycles. The Morgan fingerprint density at radius 3 is 2.55 bits per heavy atom. The number of hydrogen-bond acceptors (Lipinski definition) is 3. The third-order valence-electron chi connectivity index (χ3n) is 3.25. The Kier molecular flexibility index (Phi) is 3.87. The number of halogens is 2. The quantitative estimate of drug-likeness (QED) is 0.805. The van der Waals surface area contributed by atoms with E-state index in [1.54, 1.807) is 36.4 Å². The lowest BCUT2D eigenvalue weighted by Gasteiger charge is -2.18. The first-order valence-electron chi connectivity index (χ1n) is 6.65. The van der Waals surface area contributed by atoms with Crippen LogP contribution in [0.2, 0.25) is 0 Å². The van der Waals surface area contributed by atoms with Gasteiger partial charge in [-0.3, -0.25) is 4.79 Å². The Hall–Kier alpha value is -2.69. The number of carbonyl (C=O) groups excluding carboxylic acids is 1. The van der Waals surface area contributed by atoms with Crippen LogP contribution in [-0.4, -0.2) is 19.0 Å². The van der Waals surface area contributed by atoms with Gasteiger partial charge in [0, 0.05) is 5.57 Å². The van der Waals surface area contributed by atoms with Crippen molar-refractivity contribution in [2.24, 2.45) is 0 Å². The lowest BCUT2D eigenvalue weighted by Crippen LogP contribution is -2.18. The molecule has 0 aliphatic carbocycles. The van der Waals surface area contributed by atoms with E-state index in [0.29, 0.717) is 22.4 Å². The summed E-state index contributed by atoms with van der Waals surface area (Å²) in [6.07, 6.45) is 1.68. The van der Waals surface area contributed by atoms with Crippen LogP contribution in [0, 0.1) is 0 Å². The fourth-order valence-corrected chi connectivity index (χ4v) is 2.23. The molecule has 5 heteroatoms. The van der Waals surface area contributed by atoms with Gasteiger partial charge < -0.3 is 9.47 Å². The van der Waals surface area contributed by atoms with Crippen LogP contribution in [0.5, 0.6) is 11.5 Å². The first-order valence-corrected chi connectivity index (χ1v) is 6.65. The second-order valence-corrected chi connectivity index (χ2v) is 4.73. The predicted molar refractivity (Wildman–Crippen MR) is 77.3 cm³/mol. The predicted octanol–water partition coefficient (Wildman–Crippen LogP) is 3.95. The average Bonchev–Trinajstić information content (AvgIpc) is 2.52. The summed E-state index contributed by atoms with van der Waals surface area (Å²) in [5.41, 5.74) is 1.76. The molecule has 0 fully saturated rings. The van der Waals surface area contributed by atoms with Gasteiger partial charge in [0.2, 0.25) is 0 Å². The number of carbonyl (C=O) groups is 1. The van der Waals surface area contributed by atoms with Crippen LogP contribution in [0.3, 0.4) is 0 Å². The topological polar surface area (TPSA) is 35.5 Å². The minimum absolute atomic E-state index is 0.0775. The Morgan fingerprint density at radius 1 is 1.09 bits per heavy atom. The van der Waals surface area contributed by atoms with E-state index in [1.165, 1.54) is 12.1 Å². The summed E-state index contributed by atoms with van der Waals surface area (Å²) >= 11 is 0. The Labute approximate surface area is 125 Å². The van der Waals surface area contributed by atoms with Gasteiger partial charge in [-0.25, -0.2) is 0 Å². The van der Waals surface area contributed by atoms with Crippen molar-refractivity contribution < 1.29 is 23.0 Å². The van der Waals surface area contributed by atoms with Gasteiger partial charge in [-0.1, -0.05) is 24.3 Å². The normalized spacial score (nSPS) is 15.6. The van der Waals surface area contributed by atoms with E-state index in [4.69, 9.17) is 4.74 Å². The summed E-state index contributed by atoms with van der Waals surface area (Å²) < 4.78 is 34.0. The van der Waals surface area contributed by atoms with Gasteiger partial charge in [0.05, 0.1) is 5.56 Å². The summed E-state index contributed by atoms with van der Waals surface area (Å²) in [5, 5.41) is 0. The standard InChI is InChI=1S/C17H12F2O3/c18-17(19)22-13-7-5-11(6-8-13)9-12-10-21-15-4-2-1-3-14(15)16(12)20/h1-9,17H,10H2/b12-9+. The monoisotopic (exact) mass is 302 g/mol. The van der Waals surface area contributed by atoms with E-state index >= 15 is 0 Å². The lowest BCUT2D eigenvalue weighted by atomic mass is 9.98. The number of ether oxygens (including phenoxy) is 2. The second kappa shape index (κ2) is 5.97. The van der Waals surface area contributed by atoms with Gasteiger partial charge in [0.1, 0.15) is 18.1 Å². The number of benzene rings is 2. The maximum Gasteiger partial charge on any atom is 0.387 e. The first-order chi connectivity index (χ1) is 10.6. The molecule has 0 N–H and O–H groups in total. The highest BCUT2D eigenvalue weighted by Gasteiger charge is 2.22. The van der Waals surface area contributed by atoms with E-state index in [9.17, 15) is 13.6 Å². The Bertz CT molecular complexity index is 721. The second-order valence-electron chi connectivity index (χ2n) is 4.73. The van der Waals surface area contributed by atoms with Crippen LogP contribution in [0.4, 0.5) is 8.78 Å². The van der Waals surface area contributed by atoms with Crippen molar-refractivity contribution in [1.82, 2.24) is 0 Å². The molecule has 1 aliphatic rings. The molecule has 0 saturated heterocycles. The number of hydrogen-bond donors (Lipinski definition) is 0. The minimum Gasteiger partial charge on any atom is -0.488 e. The zero-order valence-electron chi connectivity index (χ0n) is 11.5. The molecule has 0 spiro atoms. The molecule has 3 rings (SSSR count). The molecular weight excluding hydrogens is 290 g/mol. The molecule has 2 aromatic rings. The fourth-order valence-electron chi connectivity index (χ4n) is 2.23. The number of para-hydroxylation sites is 1. The summed E-state index contributed by atoms with van der Waals surface area (Å²) in [6, 6.07) is 13.1.